The summed E-state index contributed by atoms with van der Waals surface area (Å²) in [7, 11) is 0. The molecule has 2 atom stereocenters. The summed E-state index contributed by atoms with van der Waals surface area (Å²) in [4.78, 5) is 17.1. The van der Waals surface area contributed by atoms with Gasteiger partial charge in [0.15, 0.2) is 5.82 Å². The lowest BCUT2D eigenvalue weighted by Crippen LogP contribution is -2.53. The van der Waals surface area contributed by atoms with Crippen molar-refractivity contribution in [1.29, 1.82) is 0 Å². The topological polar surface area (TPSA) is 63.5 Å². The van der Waals surface area contributed by atoms with Crippen LogP contribution in [0, 0.1) is 0 Å². The molecular weight excluding hydrogens is 314 g/mol. The van der Waals surface area contributed by atoms with Gasteiger partial charge in [-0.15, -0.1) is 10.2 Å². The van der Waals surface area contributed by atoms with Crippen molar-refractivity contribution in [2.45, 2.75) is 32.5 Å². The molecule has 2 aliphatic heterocycles. The molecule has 8 heteroatoms. The summed E-state index contributed by atoms with van der Waals surface area (Å²) in [6.45, 7) is 8.64. The SMILES string of the molecule is CCn1cnnc1[C@@H]1CN(C(=O)[C@@H](C)N2CCSCC2)CCO1. The molecule has 3 heterocycles. The van der Waals surface area contributed by atoms with Crippen LogP contribution >= 0.6 is 11.8 Å². The van der Waals surface area contributed by atoms with E-state index in [1.54, 1.807) is 6.33 Å². The quantitative estimate of drug-likeness (QED) is 0.802. The van der Waals surface area contributed by atoms with E-state index in [1.807, 2.05) is 28.2 Å². The molecule has 0 aromatic carbocycles. The Kier molecular flexibility index (Phi) is 5.55. The van der Waals surface area contributed by atoms with Crippen molar-refractivity contribution in [3.05, 3.63) is 12.2 Å². The van der Waals surface area contributed by atoms with Gasteiger partial charge in [-0.05, 0) is 13.8 Å². The fraction of sp³-hybridized carbons (Fsp3) is 0.800. The van der Waals surface area contributed by atoms with E-state index in [-0.39, 0.29) is 18.1 Å². The van der Waals surface area contributed by atoms with E-state index < -0.39 is 0 Å². The number of carbonyl (C=O) groups excluding carboxylic acids is 1. The van der Waals surface area contributed by atoms with E-state index in [1.165, 1.54) is 0 Å². The highest BCUT2D eigenvalue weighted by Gasteiger charge is 2.32. The Morgan fingerprint density at radius 1 is 1.43 bits per heavy atom. The van der Waals surface area contributed by atoms with Gasteiger partial charge < -0.3 is 14.2 Å². The second-order valence-corrected chi connectivity index (χ2v) is 7.17. The fourth-order valence-corrected chi connectivity index (χ4v) is 4.08. The number of amides is 1. The van der Waals surface area contributed by atoms with Crippen molar-refractivity contribution < 1.29 is 9.53 Å². The number of carbonyl (C=O) groups is 1. The van der Waals surface area contributed by atoms with Crippen LogP contribution in [0.15, 0.2) is 6.33 Å². The number of hydrogen-bond donors (Lipinski definition) is 0. The zero-order chi connectivity index (χ0) is 16.2. The first-order valence-electron chi connectivity index (χ1n) is 8.30. The third kappa shape index (κ3) is 3.70. The van der Waals surface area contributed by atoms with Crippen LogP contribution in [0.4, 0.5) is 0 Å². The van der Waals surface area contributed by atoms with Crippen LogP contribution in [0.3, 0.4) is 0 Å². The van der Waals surface area contributed by atoms with Gasteiger partial charge in [-0.2, -0.15) is 11.8 Å². The van der Waals surface area contributed by atoms with E-state index in [0.717, 1.165) is 37.0 Å². The molecule has 2 fully saturated rings. The van der Waals surface area contributed by atoms with Crippen molar-refractivity contribution >= 4 is 17.7 Å². The van der Waals surface area contributed by atoms with E-state index in [0.29, 0.717) is 19.7 Å². The minimum atomic E-state index is -0.181. The molecule has 0 aliphatic carbocycles. The molecule has 0 bridgehead atoms. The standard InChI is InChI=1S/C15H25N5O2S/c1-3-18-11-16-17-14(18)13-10-20(4-7-22-13)15(21)12(2)19-5-8-23-9-6-19/h11-13H,3-10H2,1-2H3/t12-,13+/m1/s1. The Morgan fingerprint density at radius 3 is 2.96 bits per heavy atom. The monoisotopic (exact) mass is 339 g/mol. The van der Waals surface area contributed by atoms with Gasteiger partial charge in [-0.1, -0.05) is 0 Å². The molecule has 1 amide bonds. The van der Waals surface area contributed by atoms with E-state index in [9.17, 15) is 4.79 Å². The summed E-state index contributed by atoms with van der Waals surface area (Å²) < 4.78 is 7.81. The molecule has 2 aliphatic rings. The van der Waals surface area contributed by atoms with Crippen molar-refractivity contribution in [2.75, 3.05) is 44.3 Å². The second kappa shape index (κ2) is 7.63. The summed E-state index contributed by atoms with van der Waals surface area (Å²) in [6, 6.07) is -0.0568. The number of hydrogen-bond acceptors (Lipinski definition) is 6. The number of rotatable bonds is 4. The molecule has 1 aromatic rings. The minimum Gasteiger partial charge on any atom is -0.366 e. The van der Waals surface area contributed by atoms with Crippen LogP contribution in [0.2, 0.25) is 0 Å². The number of aromatic nitrogens is 3. The number of nitrogens with zero attached hydrogens (tertiary/aromatic N) is 5. The predicted molar refractivity (Wildman–Crippen MR) is 89.3 cm³/mol. The molecule has 0 spiro atoms. The lowest BCUT2D eigenvalue weighted by molar-refractivity contribution is -0.144. The van der Waals surface area contributed by atoms with Gasteiger partial charge >= 0.3 is 0 Å². The maximum absolute atomic E-state index is 12.8. The average Bonchev–Trinajstić information content (AvgIpc) is 3.10. The van der Waals surface area contributed by atoms with Gasteiger partial charge in [-0.25, -0.2) is 0 Å². The Hall–Kier alpha value is -1.12. The molecule has 128 valence electrons. The molecular formula is C15H25N5O2S. The number of aryl methyl sites for hydroxylation is 1. The normalized spacial score (nSPS) is 24.6. The van der Waals surface area contributed by atoms with Gasteiger partial charge in [0, 0.05) is 37.7 Å². The summed E-state index contributed by atoms with van der Waals surface area (Å²) in [5, 5.41) is 8.14. The highest BCUT2D eigenvalue weighted by Crippen LogP contribution is 2.22. The van der Waals surface area contributed by atoms with Crippen LogP contribution in [-0.4, -0.2) is 80.8 Å². The van der Waals surface area contributed by atoms with Crippen molar-refractivity contribution in [3.8, 4) is 0 Å². The Bertz CT molecular complexity index is 532. The first-order chi connectivity index (χ1) is 11.2. The maximum Gasteiger partial charge on any atom is 0.239 e. The van der Waals surface area contributed by atoms with Gasteiger partial charge in [0.2, 0.25) is 5.91 Å². The molecule has 7 nitrogen and oxygen atoms in total. The molecule has 0 saturated carbocycles. The highest BCUT2D eigenvalue weighted by molar-refractivity contribution is 7.99. The molecule has 0 unspecified atom stereocenters. The fourth-order valence-electron chi connectivity index (χ4n) is 3.15. The Labute approximate surface area is 141 Å². The van der Waals surface area contributed by atoms with Crippen LogP contribution in [-0.2, 0) is 16.1 Å². The van der Waals surface area contributed by atoms with Crippen LogP contribution < -0.4 is 0 Å². The first-order valence-corrected chi connectivity index (χ1v) is 9.46. The number of ether oxygens (including phenoxy) is 1. The average molecular weight is 339 g/mol. The summed E-state index contributed by atoms with van der Waals surface area (Å²) >= 11 is 1.96. The zero-order valence-electron chi connectivity index (χ0n) is 13.8. The van der Waals surface area contributed by atoms with Crippen LogP contribution in [0.25, 0.3) is 0 Å². The molecule has 3 rings (SSSR count). The summed E-state index contributed by atoms with van der Waals surface area (Å²) in [5.41, 5.74) is 0. The van der Waals surface area contributed by atoms with Crippen LogP contribution in [0.5, 0.6) is 0 Å². The van der Waals surface area contributed by atoms with E-state index in [4.69, 9.17) is 4.74 Å². The van der Waals surface area contributed by atoms with Crippen molar-refractivity contribution in [3.63, 3.8) is 0 Å². The van der Waals surface area contributed by atoms with E-state index in [2.05, 4.69) is 22.0 Å². The number of morpholine rings is 1. The van der Waals surface area contributed by atoms with Gasteiger partial charge in [0.05, 0.1) is 19.2 Å². The second-order valence-electron chi connectivity index (χ2n) is 5.94. The van der Waals surface area contributed by atoms with E-state index >= 15 is 0 Å². The maximum atomic E-state index is 12.8. The highest BCUT2D eigenvalue weighted by atomic mass is 32.2. The largest absolute Gasteiger partial charge is 0.366 e. The Balaban J connectivity index is 1.64. The van der Waals surface area contributed by atoms with Gasteiger partial charge in [0.1, 0.15) is 12.4 Å². The van der Waals surface area contributed by atoms with Gasteiger partial charge in [-0.3, -0.25) is 9.69 Å². The smallest absolute Gasteiger partial charge is 0.239 e. The third-order valence-electron chi connectivity index (χ3n) is 4.60. The number of thioether (sulfide) groups is 1. The van der Waals surface area contributed by atoms with Crippen LogP contribution in [0.1, 0.15) is 25.8 Å². The minimum absolute atomic E-state index is 0.0568. The van der Waals surface area contributed by atoms with Gasteiger partial charge in [0.25, 0.3) is 0 Å². The Morgan fingerprint density at radius 2 is 2.22 bits per heavy atom. The first kappa shape index (κ1) is 16.7. The molecule has 1 aromatic heterocycles. The third-order valence-corrected chi connectivity index (χ3v) is 5.55. The lowest BCUT2D eigenvalue weighted by Gasteiger charge is -2.38. The summed E-state index contributed by atoms with van der Waals surface area (Å²) in [5.74, 6) is 3.24. The summed E-state index contributed by atoms with van der Waals surface area (Å²) in [6.07, 6.45) is 1.53. The molecule has 2 saturated heterocycles. The molecule has 0 N–H and O–H groups in total. The molecule has 23 heavy (non-hydrogen) atoms. The van der Waals surface area contributed by atoms with Crippen molar-refractivity contribution in [2.24, 2.45) is 0 Å². The predicted octanol–water partition coefficient (Wildman–Crippen LogP) is 0.635. The molecule has 0 radical (unpaired) electrons. The van der Waals surface area contributed by atoms with Crippen molar-refractivity contribution in [1.82, 2.24) is 24.6 Å². The zero-order valence-corrected chi connectivity index (χ0v) is 14.7. The lowest BCUT2D eigenvalue weighted by atomic mass is 10.2.